The van der Waals surface area contributed by atoms with Crippen LogP contribution in [0.25, 0.3) is 0 Å². The molecule has 0 spiro atoms. The first kappa shape index (κ1) is 10.4. The molecule has 0 bridgehead atoms. The van der Waals surface area contributed by atoms with Crippen LogP contribution in [-0.2, 0) is 9.53 Å². The third-order valence-electron chi connectivity index (χ3n) is 1.41. The van der Waals surface area contributed by atoms with E-state index < -0.39 is 0 Å². The van der Waals surface area contributed by atoms with Gasteiger partial charge in [0.15, 0.2) is 0 Å². The Morgan fingerprint density at radius 2 is 2.09 bits per heavy atom. The predicted molar refractivity (Wildman–Crippen MR) is 44.1 cm³/mol. The van der Waals surface area contributed by atoms with Crippen molar-refractivity contribution in [1.29, 1.82) is 0 Å². The van der Waals surface area contributed by atoms with Crippen molar-refractivity contribution >= 4 is 5.97 Å². The van der Waals surface area contributed by atoms with E-state index in [-0.39, 0.29) is 18.1 Å². The van der Waals surface area contributed by atoms with E-state index in [0.29, 0.717) is 0 Å². The molecule has 3 heteroatoms. The SMILES string of the molecule is CCCC(C)(C)OC(=O)CN. The second kappa shape index (κ2) is 4.34. The van der Waals surface area contributed by atoms with Crippen LogP contribution in [0.4, 0.5) is 0 Å². The van der Waals surface area contributed by atoms with Gasteiger partial charge >= 0.3 is 5.97 Å². The van der Waals surface area contributed by atoms with Gasteiger partial charge in [-0.2, -0.15) is 0 Å². The molecule has 3 nitrogen and oxygen atoms in total. The number of rotatable bonds is 4. The molecule has 0 saturated carbocycles. The van der Waals surface area contributed by atoms with E-state index in [2.05, 4.69) is 6.92 Å². The van der Waals surface area contributed by atoms with Crippen LogP contribution < -0.4 is 5.73 Å². The van der Waals surface area contributed by atoms with Gasteiger partial charge in [-0.05, 0) is 20.3 Å². The normalized spacial score (nSPS) is 11.3. The Morgan fingerprint density at radius 3 is 2.45 bits per heavy atom. The summed E-state index contributed by atoms with van der Waals surface area (Å²) in [6.07, 6.45) is 1.88. The topological polar surface area (TPSA) is 52.3 Å². The highest BCUT2D eigenvalue weighted by molar-refractivity contribution is 5.71. The number of nitrogens with two attached hydrogens (primary N) is 1. The predicted octanol–water partition coefficient (Wildman–Crippen LogP) is 1.07. The van der Waals surface area contributed by atoms with Gasteiger partial charge in [0.05, 0.1) is 6.54 Å². The van der Waals surface area contributed by atoms with Crippen LogP contribution in [0, 0.1) is 0 Å². The van der Waals surface area contributed by atoms with E-state index in [4.69, 9.17) is 10.5 Å². The molecule has 11 heavy (non-hydrogen) atoms. The van der Waals surface area contributed by atoms with Crippen LogP contribution in [0.15, 0.2) is 0 Å². The zero-order chi connectivity index (χ0) is 8.91. The van der Waals surface area contributed by atoms with Gasteiger partial charge in [-0.3, -0.25) is 4.79 Å². The number of hydrogen-bond donors (Lipinski definition) is 1. The lowest BCUT2D eigenvalue weighted by Gasteiger charge is -2.23. The fourth-order valence-corrected chi connectivity index (χ4v) is 1.00. The third kappa shape index (κ3) is 4.79. The number of ether oxygens (including phenoxy) is 1. The van der Waals surface area contributed by atoms with Crippen LogP contribution >= 0.6 is 0 Å². The molecule has 0 amide bonds. The minimum Gasteiger partial charge on any atom is -0.459 e. The molecule has 66 valence electrons. The van der Waals surface area contributed by atoms with Gasteiger partial charge in [0.2, 0.25) is 0 Å². The molecule has 0 saturated heterocycles. The maximum atomic E-state index is 10.8. The molecule has 0 atom stereocenters. The maximum Gasteiger partial charge on any atom is 0.320 e. The summed E-state index contributed by atoms with van der Waals surface area (Å²) in [5, 5.41) is 0. The first-order valence-electron chi connectivity index (χ1n) is 3.93. The van der Waals surface area contributed by atoms with E-state index in [1.807, 2.05) is 13.8 Å². The monoisotopic (exact) mass is 159 g/mol. The Balaban J connectivity index is 3.80. The summed E-state index contributed by atoms with van der Waals surface area (Å²) in [6, 6.07) is 0. The van der Waals surface area contributed by atoms with E-state index in [0.717, 1.165) is 12.8 Å². The van der Waals surface area contributed by atoms with Gasteiger partial charge in [0.25, 0.3) is 0 Å². The Labute approximate surface area is 67.9 Å². The molecular weight excluding hydrogens is 142 g/mol. The highest BCUT2D eigenvalue weighted by Crippen LogP contribution is 2.15. The van der Waals surface area contributed by atoms with E-state index in [9.17, 15) is 4.79 Å². The van der Waals surface area contributed by atoms with Crippen molar-refractivity contribution < 1.29 is 9.53 Å². The second-order valence-electron chi connectivity index (χ2n) is 3.19. The second-order valence-corrected chi connectivity index (χ2v) is 3.19. The molecule has 0 aromatic heterocycles. The first-order chi connectivity index (χ1) is 5.02. The van der Waals surface area contributed by atoms with Crippen molar-refractivity contribution in [2.45, 2.75) is 39.2 Å². The molecule has 0 aromatic rings. The van der Waals surface area contributed by atoms with Gasteiger partial charge in [-0.15, -0.1) is 0 Å². The summed E-state index contributed by atoms with van der Waals surface area (Å²) in [7, 11) is 0. The summed E-state index contributed by atoms with van der Waals surface area (Å²) in [5.41, 5.74) is 4.74. The maximum absolute atomic E-state index is 10.8. The van der Waals surface area contributed by atoms with Crippen LogP contribution in [0.3, 0.4) is 0 Å². The minimum atomic E-state index is -0.356. The zero-order valence-corrected chi connectivity index (χ0v) is 7.52. The smallest absolute Gasteiger partial charge is 0.320 e. The third-order valence-corrected chi connectivity index (χ3v) is 1.41. The van der Waals surface area contributed by atoms with E-state index in [1.165, 1.54) is 0 Å². The largest absolute Gasteiger partial charge is 0.459 e. The van der Waals surface area contributed by atoms with Crippen molar-refractivity contribution in [2.75, 3.05) is 6.54 Å². The molecule has 0 aliphatic carbocycles. The van der Waals surface area contributed by atoms with Gasteiger partial charge in [0, 0.05) is 0 Å². The number of carbonyl (C=O) groups is 1. The van der Waals surface area contributed by atoms with Crippen molar-refractivity contribution in [3.8, 4) is 0 Å². The molecule has 0 unspecified atom stereocenters. The summed E-state index contributed by atoms with van der Waals surface area (Å²) in [4.78, 5) is 10.8. The molecular formula is C8H17NO2. The molecule has 0 heterocycles. The summed E-state index contributed by atoms with van der Waals surface area (Å²) in [5.74, 6) is -0.330. The summed E-state index contributed by atoms with van der Waals surface area (Å²) < 4.78 is 5.06. The highest BCUT2D eigenvalue weighted by atomic mass is 16.6. The average Bonchev–Trinajstić information content (AvgIpc) is 1.86. The van der Waals surface area contributed by atoms with Crippen LogP contribution in [0.1, 0.15) is 33.6 Å². The Bertz CT molecular complexity index is 132. The molecule has 0 radical (unpaired) electrons. The highest BCUT2D eigenvalue weighted by Gasteiger charge is 2.20. The fourth-order valence-electron chi connectivity index (χ4n) is 1.00. The Morgan fingerprint density at radius 1 is 1.55 bits per heavy atom. The van der Waals surface area contributed by atoms with Gasteiger partial charge < -0.3 is 10.5 Å². The van der Waals surface area contributed by atoms with Gasteiger partial charge in [-0.25, -0.2) is 0 Å². The zero-order valence-electron chi connectivity index (χ0n) is 7.52. The van der Waals surface area contributed by atoms with Crippen LogP contribution in [0.5, 0.6) is 0 Å². The molecule has 0 fully saturated rings. The van der Waals surface area contributed by atoms with Crippen molar-refractivity contribution in [3.63, 3.8) is 0 Å². The van der Waals surface area contributed by atoms with Crippen molar-refractivity contribution in [2.24, 2.45) is 5.73 Å². The lowest BCUT2D eigenvalue weighted by Crippen LogP contribution is -2.31. The molecule has 0 aliphatic rings. The Hall–Kier alpha value is -0.570. The number of esters is 1. The van der Waals surface area contributed by atoms with Crippen molar-refractivity contribution in [3.05, 3.63) is 0 Å². The molecule has 0 aliphatic heterocycles. The van der Waals surface area contributed by atoms with E-state index >= 15 is 0 Å². The average molecular weight is 159 g/mol. The van der Waals surface area contributed by atoms with Gasteiger partial charge in [-0.1, -0.05) is 13.3 Å². The van der Waals surface area contributed by atoms with Crippen LogP contribution in [-0.4, -0.2) is 18.1 Å². The molecule has 0 aromatic carbocycles. The fraction of sp³-hybridized carbons (Fsp3) is 0.875. The quantitative estimate of drug-likeness (QED) is 0.624. The van der Waals surface area contributed by atoms with Gasteiger partial charge in [0.1, 0.15) is 5.60 Å². The van der Waals surface area contributed by atoms with Crippen LogP contribution in [0.2, 0.25) is 0 Å². The standard InChI is InChI=1S/C8H17NO2/c1-4-5-8(2,3)11-7(10)6-9/h4-6,9H2,1-3H3. The lowest BCUT2D eigenvalue weighted by molar-refractivity contribution is -0.155. The van der Waals surface area contributed by atoms with Crippen molar-refractivity contribution in [1.82, 2.24) is 0 Å². The summed E-state index contributed by atoms with van der Waals surface area (Å²) >= 11 is 0. The summed E-state index contributed by atoms with van der Waals surface area (Å²) in [6.45, 7) is 5.80. The lowest BCUT2D eigenvalue weighted by atomic mass is 10.0. The van der Waals surface area contributed by atoms with E-state index in [1.54, 1.807) is 0 Å². The molecule has 2 N–H and O–H groups in total. The Kier molecular flexibility index (Phi) is 4.11. The number of carbonyl (C=O) groups excluding carboxylic acids is 1. The molecule has 0 rings (SSSR count). The minimum absolute atomic E-state index is 0.0346. The number of hydrogen-bond acceptors (Lipinski definition) is 3. The first-order valence-corrected chi connectivity index (χ1v) is 3.93.